The van der Waals surface area contributed by atoms with Crippen LogP contribution in [0, 0.1) is 29.1 Å². The SMILES string of the molecule is C.CNC(=O)N[C@H]1[C@@H]2C[C@@H](O[C@@H]3O[C@H](C)[C@@H](O)[C@H](N)[C@@H]3O)/C=C/C=C/C=C/C=C/C=C/C=C/C=C/[C@H](C)[C@@H](O)[C@@H](C)[C@H](C)OC(=O)C[C@H](O)C[C@H](O)CC[C@@H](O)[C@H](O)C[C@H](O)C[C@](O)(C[C@@H]1O)O2.CNC(=O)N[C@H]1[C@@H]2C[C@@H](O[C@@H]3O[C@H](C)[C@@H](O)[C@H](N=C(N)N)[C@@H]3O)/C=C/C=C/C=C/C=C/C=C/C=C/C=C/[C@H](C)[C@@H](O)[C@@H](C)[C@H](C)OC(=O)C[C@H](O)C[C@H](O)CC[C@@H](O)[C@H](O)C[C@H](O)C[C@](O)(C[C@@H]1O)O2.N=C(N)n1cccn1. The first-order valence-electron chi connectivity index (χ1n) is 49.1. The number of cyclic esters (lactones) is 2. The van der Waals surface area contributed by atoms with Crippen molar-refractivity contribution < 1.29 is 159 Å². The zero-order chi connectivity index (χ0) is 108. The lowest BCUT2D eigenvalue weighted by molar-refractivity contribution is -0.303. The number of aromatic nitrogens is 2. The molecular formula is C102H166N12O32. The monoisotopic (exact) mass is 2070 g/mol. The van der Waals surface area contributed by atoms with Crippen LogP contribution in [0.1, 0.15) is 166 Å². The predicted octanol–water partition coefficient (Wildman–Crippen LogP) is 0.192. The van der Waals surface area contributed by atoms with Crippen LogP contribution in [0.25, 0.3) is 0 Å². The third-order valence-corrected chi connectivity index (χ3v) is 25.5. The molecule has 44 nitrogen and oxygen atoms in total. The van der Waals surface area contributed by atoms with Gasteiger partial charge >= 0.3 is 24.0 Å². The summed E-state index contributed by atoms with van der Waals surface area (Å²) in [4.78, 5) is 54.5. The number of carbonyl (C=O) groups is 4. The summed E-state index contributed by atoms with van der Waals surface area (Å²) in [6, 6.07) is -4.32. The Kier molecular flexibility index (Phi) is 58.6. The number of aliphatic hydroxyl groups excluding tert-OH is 18. The summed E-state index contributed by atoms with van der Waals surface area (Å²) in [6.07, 6.45) is 12.5. The van der Waals surface area contributed by atoms with E-state index in [1.54, 1.807) is 156 Å². The number of nitrogen functional groups attached to an aromatic ring is 1. The first kappa shape index (κ1) is 129. The summed E-state index contributed by atoms with van der Waals surface area (Å²) in [6.45, 7) is 13.5. The number of guanidine groups is 1. The minimum atomic E-state index is -2.26. The summed E-state index contributed by atoms with van der Waals surface area (Å²) in [5, 5.41) is 240. The Labute approximate surface area is 854 Å². The van der Waals surface area contributed by atoms with Gasteiger partial charge in [-0.3, -0.25) is 15.0 Å². The zero-order valence-corrected chi connectivity index (χ0v) is 84.0. The lowest BCUT2D eigenvalue weighted by Crippen LogP contribution is -2.63. The highest BCUT2D eigenvalue weighted by Gasteiger charge is 2.52. The third kappa shape index (κ3) is 46.4. The molecule has 38 atom stereocenters. The maximum Gasteiger partial charge on any atom is 0.314 e. The molecule has 0 unspecified atom stereocenters. The van der Waals surface area contributed by atoms with E-state index in [0.29, 0.717) is 0 Å². The molecule has 146 heavy (non-hydrogen) atoms. The molecule has 4 saturated heterocycles. The highest BCUT2D eigenvalue weighted by Crippen LogP contribution is 2.39. The summed E-state index contributed by atoms with van der Waals surface area (Å²) in [5.41, 5.74) is 22.3. The van der Waals surface area contributed by atoms with Crippen LogP contribution in [0.4, 0.5) is 9.59 Å². The average molecular weight is 2070 g/mol. The van der Waals surface area contributed by atoms with Crippen LogP contribution in [-0.2, 0) is 47.5 Å². The van der Waals surface area contributed by atoms with Crippen molar-refractivity contribution in [3.63, 3.8) is 0 Å². The van der Waals surface area contributed by atoms with Gasteiger partial charge in [-0.2, -0.15) is 5.10 Å². The number of esters is 2. The number of aliphatic hydroxyl groups is 20. The summed E-state index contributed by atoms with van der Waals surface area (Å²) < 4.78 is 48.6. The van der Waals surface area contributed by atoms with E-state index < -0.39 is 300 Å². The molecule has 0 radical (unpaired) electrons. The predicted molar refractivity (Wildman–Crippen MR) is 542 cm³/mol. The maximum absolute atomic E-state index is 12.7. The van der Waals surface area contributed by atoms with Crippen molar-refractivity contribution in [1.82, 2.24) is 31.0 Å². The van der Waals surface area contributed by atoms with E-state index in [2.05, 4.69) is 31.4 Å². The van der Waals surface area contributed by atoms with E-state index in [-0.39, 0.29) is 76.6 Å². The molecule has 7 heterocycles. The quantitative estimate of drug-likeness (QED) is 0.0984. The van der Waals surface area contributed by atoms with Crippen molar-refractivity contribution >= 4 is 35.9 Å². The molecule has 4 amide bonds. The Hall–Kier alpha value is -9.29. The third-order valence-electron chi connectivity index (χ3n) is 25.5. The average Bonchev–Trinajstić information content (AvgIpc) is 0.950. The first-order chi connectivity index (χ1) is 68.5. The second-order valence-corrected chi connectivity index (χ2v) is 37.7. The molecule has 0 aromatic carbocycles. The van der Waals surface area contributed by atoms with E-state index in [1.165, 1.54) is 25.7 Å². The van der Waals surface area contributed by atoms with Crippen LogP contribution < -0.4 is 44.2 Å². The molecule has 1 aromatic heterocycles. The molecule has 0 saturated carbocycles. The smallest absolute Gasteiger partial charge is 0.314 e. The summed E-state index contributed by atoms with van der Waals surface area (Å²) in [7, 11) is 2.73. The second kappa shape index (κ2) is 66.3. The van der Waals surface area contributed by atoms with E-state index >= 15 is 0 Å². The first-order valence-corrected chi connectivity index (χ1v) is 49.1. The number of ether oxygens (including phenoxy) is 8. The number of urea groups is 2. The Morgan fingerprint density at radius 3 is 1.10 bits per heavy atom. The molecule has 6 aliphatic rings. The van der Waals surface area contributed by atoms with Gasteiger partial charge in [0.2, 0.25) is 5.96 Å². The second-order valence-electron chi connectivity index (χ2n) is 37.7. The Bertz CT molecular complexity index is 4460. The highest BCUT2D eigenvalue weighted by atomic mass is 16.7. The van der Waals surface area contributed by atoms with Gasteiger partial charge in [0.15, 0.2) is 30.1 Å². The number of allylic oxidation sites excluding steroid dienone is 24. The van der Waals surface area contributed by atoms with Gasteiger partial charge in [-0.15, -0.1) is 0 Å². The van der Waals surface area contributed by atoms with Gasteiger partial charge in [0.25, 0.3) is 0 Å². The lowest BCUT2D eigenvalue weighted by atomic mass is 9.87. The topological polar surface area (TPSA) is 753 Å². The summed E-state index contributed by atoms with van der Waals surface area (Å²) in [5.74, 6) is -7.87. The van der Waals surface area contributed by atoms with Crippen LogP contribution >= 0.6 is 0 Å². The molecule has 826 valence electrons. The van der Waals surface area contributed by atoms with E-state index in [9.17, 15) is 121 Å². The molecule has 4 bridgehead atoms. The van der Waals surface area contributed by atoms with Crippen molar-refractivity contribution in [2.45, 2.75) is 373 Å². The zero-order valence-electron chi connectivity index (χ0n) is 84.0. The van der Waals surface area contributed by atoms with Gasteiger partial charge < -0.3 is 184 Å². The normalized spacial score (nSPS) is 41.4. The molecule has 33 N–H and O–H groups in total. The number of nitrogens with zero attached hydrogens (tertiary/aromatic N) is 3. The summed E-state index contributed by atoms with van der Waals surface area (Å²) >= 11 is 0. The standard InChI is InChI=1S/C49H79N5O16.C48H77N3O16.C4H6N4.CH4/c1-28-18-16-14-12-10-8-6-7-9-11-13-15-17-19-35(69-46-45(64)42(53-47(50)51)44(63)31(4)68-46)25-39-41(54-48(65)52-5)38(60)27-49(66,70-39)26-34(57)23-37(59)36(58)21-20-32(55)22-33(56)24-40(61)67-30(3)29(2)43(28)62;1-28-18-16-14-12-10-8-6-7-9-11-13-15-17-19-35(66-46-45(61)41(49)44(60)31(4)65-46)25-39-42(51-47(62)50-5)38(57)27-48(63,67-39)26-34(54)23-37(56)36(55)21-20-32(52)22-33(53)24-40(58)64-30(3)29(2)43(28)59;5-4(6)8-3-1-2-7-8;/h6-19,28-39,41-46,55-60,62-64,66H,20-27H2,1-5H3,(H4,50,51,53)(H2,52,54,65);6-19,28-39,41-46,52-57,59-61,63H,20-27,49H2,1-5H3,(H2,50,51,62);1-3H,(H3,5,6);1H4/b2*7-6+,10-8+,11-9+,14-12+,15-13+,18-16+,19-17+;;/t28-,29-,30-,31+,32+,33+,34-,35-,36+,37+,38-,39-,41+,42-,43+,44+,45-,46-,49+;28-,29-,30-,31+,32+,33+,34-,35-,36+,37+,38-,39-,41-,42+,43+,44+,45-,46-,48+;;/m00../s1. The maximum atomic E-state index is 12.7. The fourth-order valence-electron chi connectivity index (χ4n) is 16.8. The minimum absolute atomic E-state index is 0. The molecule has 0 spiro atoms. The number of hydrogen-bond acceptors (Lipinski definition) is 36. The molecular weight excluding hydrogens is 1910 g/mol. The number of nitrogens with two attached hydrogens (primary N) is 4. The van der Waals surface area contributed by atoms with Gasteiger partial charge in [-0.1, -0.05) is 205 Å². The number of nitrogens with one attached hydrogen (secondary N) is 5. The van der Waals surface area contributed by atoms with Crippen molar-refractivity contribution in [1.29, 1.82) is 5.41 Å². The Morgan fingerprint density at radius 2 is 0.767 bits per heavy atom. The van der Waals surface area contributed by atoms with Gasteiger partial charge in [0.05, 0.1) is 159 Å². The molecule has 7 rings (SSSR count). The largest absolute Gasteiger partial charge is 0.462 e. The number of fused-ring (bicyclic) bond motifs is 4. The molecule has 1 aromatic rings. The van der Waals surface area contributed by atoms with Crippen LogP contribution in [0.3, 0.4) is 0 Å². The number of rotatable bonds is 7. The molecule has 4 fully saturated rings. The van der Waals surface area contributed by atoms with Gasteiger partial charge in [0, 0.05) is 102 Å². The van der Waals surface area contributed by atoms with Gasteiger partial charge in [0.1, 0.15) is 36.6 Å². The van der Waals surface area contributed by atoms with Crippen molar-refractivity contribution in [3.05, 3.63) is 189 Å². The van der Waals surface area contributed by atoms with E-state index in [4.69, 9.17) is 66.2 Å². The lowest BCUT2D eigenvalue weighted by Gasteiger charge is -2.46. The Balaban J connectivity index is 0.000000560. The minimum Gasteiger partial charge on any atom is -0.462 e. The van der Waals surface area contributed by atoms with E-state index in [1.807, 2.05) is 80.7 Å². The molecule has 6 aliphatic heterocycles. The van der Waals surface area contributed by atoms with Crippen molar-refractivity contribution in [2.75, 3.05) is 14.1 Å². The van der Waals surface area contributed by atoms with Crippen molar-refractivity contribution in [2.24, 2.45) is 51.6 Å². The Morgan fingerprint density at radius 1 is 0.425 bits per heavy atom. The van der Waals surface area contributed by atoms with Crippen LogP contribution in [0.5, 0.6) is 0 Å². The van der Waals surface area contributed by atoms with E-state index in [0.717, 1.165) is 0 Å². The van der Waals surface area contributed by atoms with Crippen molar-refractivity contribution in [3.8, 4) is 0 Å². The van der Waals surface area contributed by atoms with Gasteiger partial charge in [-0.25, -0.2) is 19.3 Å². The van der Waals surface area contributed by atoms with Crippen LogP contribution in [0.15, 0.2) is 194 Å². The number of carbonyl (C=O) groups excluding carboxylic acids is 4. The highest BCUT2D eigenvalue weighted by molar-refractivity contribution is 5.76. The number of hydrogen-bond donors (Lipinski definition) is 29. The van der Waals surface area contributed by atoms with Gasteiger partial charge in [-0.05, 0) is 72.3 Å². The number of amides is 4. The van der Waals surface area contributed by atoms with Crippen LogP contribution in [-0.4, -0.2) is 369 Å². The van der Waals surface area contributed by atoms with Crippen LogP contribution in [0.2, 0.25) is 0 Å². The molecule has 44 heteroatoms. The fourth-order valence-corrected chi connectivity index (χ4v) is 16.8. The molecule has 0 aliphatic carbocycles. The fraction of sp³-hybridized carbons (Fsp3) is 0.637. The number of aliphatic imine (C=N–C) groups is 1.